The number of nitrogens with two attached hydrogens (primary N) is 1. The number of rotatable bonds is 2. The Balaban J connectivity index is 2.17. The van der Waals surface area contributed by atoms with Crippen LogP contribution < -0.4 is 5.73 Å². The molecular weight excluding hydrogens is 230 g/mol. The first-order valence-corrected chi connectivity index (χ1v) is 8.66. The highest BCUT2D eigenvalue weighted by Crippen LogP contribution is 2.50. The minimum Gasteiger partial charge on any atom is -0.325 e. The molecule has 2 N–H and O–H groups in total. The van der Waals surface area contributed by atoms with Gasteiger partial charge in [0.2, 0.25) is 0 Å². The van der Waals surface area contributed by atoms with Crippen LogP contribution >= 0.6 is 0 Å². The Morgan fingerprint density at radius 1 is 1.05 bits per heavy atom. The van der Waals surface area contributed by atoms with Crippen molar-refractivity contribution in [2.75, 3.05) is 0 Å². The number of hydrogen-bond acceptors (Lipinski definition) is 1. The second kappa shape index (κ2) is 5.76. The van der Waals surface area contributed by atoms with Crippen LogP contribution in [0, 0.1) is 23.2 Å². The van der Waals surface area contributed by atoms with Gasteiger partial charge in [-0.2, -0.15) is 0 Å². The second-order valence-corrected chi connectivity index (χ2v) is 8.41. The second-order valence-electron chi connectivity index (χ2n) is 8.41. The SMILES string of the molecule is CCC1CCCC(C2(N)CCCCC2C(C)(C)C)C1. The molecule has 2 rings (SSSR count). The van der Waals surface area contributed by atoms with E-state index in [0.29, 0.717) is 11.3 Å². The van der Waals surface area contributed by atoms with Gasteiger partial charge < -0.3 is 5.73 Å². The van der Waals surface area contributed by atoms with E-state index in [2.05, 4.69) is 27.7 Å². The standard InChI is InChI=1S/C18H35N/c1-5-14-9-8-10-15(13-14)18(19)12-7-6-11-16(18)17(2,3)4/h14-16H,5-13,19H2,1-4H3. The van der Waals surface area contributed by atoms with Crippen molar-refractivity contribution in [2.24, 2.45) is 28.9 Å². The summed E-state index contributed by atoms with van der Waals surface area (Å²) in [7, 11) is 0. The molecule has 2 aliphatic rings. The molecule has 1 heteroatoms. The fraction of sp³-hybridized carbons (Fsp3) is 1.00. The average Bonchev–Trinajstić information content (AvgIpc) is 2.38. The van der Waals surface area contributed by atoms with E-state index >= 15 is 0 Å². The van der Waals surface area contributed by atoms with Gasteiger partial charge >= 0.3 is 0 Å². The summed E-state index contributed by atoms with van der Waals surface area (Å²) in [5.41, 5.74) is 7.58. The number of hydrogen-bond donors (Lipinski definition) is 1. The summed E-state index contributed by atoms with van der Waals surface area (Å²) in [6.45, 7) is 9.58. The third-order valence-electron chi connectivity index (χ3n) is 6.17. The first-order valence-electron chi connectivity index (χ1n) is 8.66. The van der Waals surface area contributed by atoms with Gasteiger partial charge in [-0.1, -0.05) is 59.8 Å². The molecule has 0 spiro atoms. The van der Waals surface area contributed by atoms with Crippen LogP contribution in [-0.2, 0) is 0 Å². The lowest BCUT2D eigenvalue weighted by Gasteiger charge is -2.53. The van der Waals surface area contributed by atoms with Crippen LogP contribution in [0.25, 0.3) is 0 Å². The van der Waals surface area contributed by atoms with Gasteiger partial charge in [-0.05, 0) is 48.9 Å². The summed E-state index contributed by atoms with van der Waals surface area (Å²) in [5.74, 6) is 2.45. The Hall–Kier alpha value is -0.0400. The third-order valence-corrected chi connectivity index (χ3v) is 6.17. The monoisotopic (exact) mass is 265 g/mol. The van der Waals surface area contributed by atoms with Gasteiger partial charge in [0.05, 0.1) is 0 Å². The molecule has 0 bridgehead atoms. The van der Waals surface area contributed by atoms with E-state index in [1.165, 1.54) is 57.8 Å². The van der Waals surface area contributed by atoms with Crippen molar-refractivity contribution in [3.8, 4) is 0 Å². The Labute approximate surface area is 120 Å². The summed E-state index contributed by atoms with van der Waals surface area (Å²) in [5, 5.41) is 0. The van der Waals surface area contributed by atoms with E-state index < -0.39 is 0 Å². The molecule has 0 amide bonds. The Morgan fingerprint density at radius 2 is 1.79 bits per heavy atom. The molecule has 2 saturated carbocycles. The van der Waals surface area contributed by atoms with Crippen molar-refractivity contribution in [2.45, 2.75) is 91.0 Å². The van der Waals surface area contributed by atoms with Gasteiger partial charge in [-0.3, -0.25) is 0 Å². The van der Waals surface area contributed by atoms with Crippen molar-refractivity contribution in [1.82, 2.24) is 0 Å². The van der Waals surface area contributed by atoms with E-state index in [9.17, 15) is 0 Å². The highest BCUT2D eigenvalue weighted by Gasteiger charge is 2.48. The summed E-state index contributed by atoms with van der Waals surface area (Å²) in [6.07, 6.45) is 12.4. The molecule has 112 valence electrons. The Morgan fingerprint density at radius 3 is 2.42 bits per heavy atom. The maximum atomic E-state index is 7.08. The molecular formula is C18H35N. The zero-order valence-electron chi connectivity index (χ0n) is 13.7. The largest absolute Gasteiger partial charge is 0.325 e. The van der Waals surface area contributed by atoms with E-state index in [0.717, 1.165) is 11.8 Å². The summed E-state index contributed by atoms with van der Waals surface area (Å²) >= 11 is 0. The van der Waals surface area contributed by atoms with Crippen molar-refractivity contribution in [3.05, 3.63) is 0 Å². The van der Waals surface area contributed by atoms with Gasteiger partial charge in [0.25, 0.3) is 0 Å². The molecule has 0 heterocycles. The van der Waals surface area contributed by atoms with E-state index in [1.807, 2.05) is 0 Å². The highest BCUT2D eigenvalue weighted by molar-refractivity contribution is 5.04. The highest BCUT2D eigenvalue weighted by atomic mass is 14.8. The smallest absolute Gasteiger partial charge is 0.0216 e. The fourth-order valence-corrected chi connectivity index (χ4v) is 5.10. The minimum atomic E-state index is 0.129. The van der Waals surface area contributed by atoms with Gasteiger partial charge in [-0.15, -0.1) is 0 Å². The van der Waals surface area contributed by atoms with Gasteiger partial charge in [0, 0.05) is 5.54 Å². The first kappa shape index (κ1) is 15.4. The summed E-state index contributed by atoms with van der Waals surface area (Å²) in [6, 6.07) is 0. The normalized spacial score (nSPS) is 41.2. The molecule has 19 heavy (non-hydrogen) atoms. The molecule has 0 aromatic rings. The van der Waals surface area contributed by atoms with Gasteiger partial charge in [0.15, 0.2) is 0 Å². The lowest BCUT2D eigenvalue weighted by atomic mass is 9.55. The molecule has 0 saturated heterocycles. The van der Waals surface area contributed by atoms with Crippen LogP contribution in [0.5, 0.6) is 0 Å². The lowest BCUT2D eigenvalue weighted by Crippen LogP contribution is -2.59. The van der Waals surface area contributed by atoms with Crippen LogP contribution in [0.1, 0.15) is 85.5 Å². The summed E-state index contributed by atoms with van der Waals surface area (Å²) in [4.78, 5) is 0. The molecule has 4 unspecified atom stereocenters. The van der Waals surface area contributed by atoms with Crippen molar-refractivity contribution in [3.63, 3.8) is 0 Å². The Kier molecular flexibility index (Phi) is 4.65. The minimum absolute atomic E-state index is 0.129. The average molecular weight is 265 g/mol. The molecule has 2 fully saturated rings. The van der Waals surface area contributed by atoms with Crippen molar-refractivity contribution in [1.29, 1.82) is 0 Å². The fourth-order valence-electron chi connectivity index (χ4n) is 5.10. The quantitative estimate of drug-likeness (QED) is 0.735. The van der Waals surface area contributed by atoms with Crippen LogP contribution in [0.4, 0.5) is 0 Å². The van der Waals surface area contributed by atoms with Crippen LogP contribution in [-0.4, -0.2) is 5.54 Å². The van der Waals surface area contributed by atoms with Gasteiger partial charge in [-0.25, -0.2) is 0 Å². The lowest BCUT2D eigenvalue weighted by molar-refractivity contribution is 0.0127. The van der Waals surface area contributed by atoms with Crippen LogP contribution in [0.15, 0.2) is 0 Å². The van der Waals surface area contributed by atoms with E-state index in [1.54, 1.807) is 0 Å². The van der Waals surface area contributed by atoms with Gasteiger partial charge in [0.1, 0.15) is 0 Å². The maximum absolute atomic E-state index is 7.08. The van der Waals surface area contributed by atoms with Crippen molar-refractivity contribution < 1.29 is 0 Å². The predicted octanol–water partition coefficient (Wildman–Crippen LogP) is 5.14. The Bertz CT molecular complexity index is 291. The molecule has 4 atom stereocenters. The zero-order valence-corrected chi connectivity index (χ0v) is 13.7. The molecule has 1 nitrogen and oxygen atoms in total. The maximum Gasteiger partial charge on any atom is 0.0216 e. The predicted molar refractivity (Wildman–Crippen MR) is 84.1 cm³/mol. The molecule has 2 aliphatic carbocycles. The van der Waals surface area contributed by atoms with Crippen LogP contribution in [0.2, 0.25) is 0 Å². The molecule has 0 aromatic heterocycles. The summed E-state index contributed by atoms with van der Waals surface area (Å²) < 4.78 is 0. The van der Waals surface area contributed by atoms with Crippen molar-refractivity contribution >= 4 is 0 Å². The topological polar surface area (TPSA) is 26.0 Å². The third kappa shape index (κ3) is 3.17. The van der Waals surface area contributed by atoms with Crippen LogP contribution in [0.3, 0.4) is 0 Å². The zero-order chi connectivity index (χ0) is 14.1. The van der Waals surface area contributed by atoms with E-state index in [-0.39, 0.29) is 5.54 Å². The molecule has 0 aromatic carbocycles. The van der Waals surface area contributed by atoms with E-state index in [4.69, 9.17) is 5.73 Å². The molecule has 0 aliphatic heterocycles. The first-order chi connectivity index (χ1) is 8.88. The molecule has 0 radical (unpaired) electrons.